The van der Waals surface area contributed by atoms with E-state index in [1.165, 1.54) is 18.2 Å². The zero-order chi connectivity index (χ0) is 17.8. The zero-order valence-electron chi connectivity index (χ0n) is 13.0. The van der Waals surface area contributed by atoms with Crippen LogP contribution in [0.15, 0.2) is 60.7 Å². The molecule has 0 aliphatic heterocycles. The Kier molecular flexibility index (Phi) is 4.86. The molecule has 0 atom stereocenters. The molecule has 6 heteroatoms. The van der Waals surface area contributed by atoms with Crippen LogP contribution in [0.4, 0.5) is 5.69 Å². The normalized spacial score (nSPS) is 10.4. The van der Waals surface area contributed by atoms with Crippen molar-refractivity contribution in [1.82, 2.24) is 0 Å². The molecule has 1 N–H and O–H groups in total. The van der Waals surface area contributed by atoms with Gasteiger partial charge in [-0.15, -0.1) is 0 Å². The summed E-state index contributed by atoms with van der Waals surface area (Å²) in [6.07, 6.45) is 0. The molecule has 0 aliphatic rings. The first kappa shape index (κ1) is 16.8. The van der Waals surface area contributed by atoms with Crippen LogP contribution in [-0.2, 0) is 4.79 Å². The van der Waals surface area contributed by atoms with Gasteiger partial charge in [-0.05, 0) is 41.1 Å². The summed E-state index contributed by atoms with van der Waals surface area (Å²) >= 11 is 5.84. The van der Waals surface area contributed by atoms with Crippen molar-refractivity contribution in [2.75, 3.05) is 11.9 Å². The SMILES string of the molecule is O=C(COc1ccc2ccccc2c1)Nc1cc(Cl)ccc1C(=O)[O-]. The molecular weight excluding hydrogens is 342 g/mol. The molecule has 3 aromatic rings. The molecule has 0 bridgehead atoms. The molecule has 0 radical (unpaired) electrons. The van der Waals surface area contributed by atoms with E-state index in [0.29, 0.717) is 10.8 Å². The highest BCUT2D eigenvalue weighted by atomic mass is 35.5. The summed E-state index contributed by atoms with van der Waals surface area (Å²) in [6.45, 7) is -0.267. The number of halogens is 1. The highest BCUT2D eigenvalue weighted by Crippen LogP contribution is 2.22. The molecule has 126 valence electrons. The minimum Gasteiger partial charge on any atom is -0.545 e. The third-order valence-corrected chi connectivity index (χ3v) is 3.80. The second kappa shape index (κ2) is 7.23. The van der Waals surface area contributed by atoms with Crippen LogP contribution >= 0.6 is 11.6 Å². The summed E-state index contributed by atoms with van der Waals surface area (Å²) in [5, 5.41) is 15.9. The van der Waals surface area contributed by atoms with Crippen LogP contribution in [-0.4, -0.2) is 18.5 Å². The van der Waals surface area contributed by atoms with Gasteiger partial charge in [0.05, 0.1) is 11.7 Å². The van der Waals surface area contributed by atoms with E-state index in [9.17, 15) is 14.7 Å². The molecule has 0 saturated carbocycles. The third-order valence-electron chi connectivity index (χ3n) is 3.57. The van der Waals surface area contributed by atoms with Crippen molar-refractivity contribution in [2.24, 2.45) is 0 Å². The highest BCUT2D eigenvalue weighted by molar-refractivity contribution is 6.31. The fraction of sp³-hybridized carbons (Fsp3) is 0.0526. The molecule has 0 aliphatic carbocycles. The van der Waals surface area contributed by atoms with E-state index in [2.05, 4.69) is 5.32 Å². The first-order valence-electron chi connectivity index (χ1n) is 7.45. The molecular formula is C19H13ClNO4-. The molecule has 0 saturated heterocycles. The van der Waals surface area contributed by atoms with Gasteiger partial charge in [0.1, 0.15) is 5.75 Å². The maximum atomic E-state index is 12.0. The van der Waals surface area contributed by atoms with Crippen LogP contribution in [0.5, 0.6) is 5.75 Å². The zero-order valence-corrected chi connectivity index (χ0v) is 13.7. The Morgan fingerprint density at radius 1 is 1.00 bits per heavy atom. The lowest BCUT2D eigenvalue weighted by Crippen LogP contribution is -2.26. The molecule has 3 rings (SSSR count). The molecule has 3 aromatic carbocycles. The Labute approximate surface area is 148 Å². The van der Waals surface area contributed by atoms with Gasteiger partial charge in [-0.1, -0.05) is 41.9 Å². The Morgan fingerprint density at radius 2 is 1.76 bits per heavy atom. The summed E-state index contributed by atoms with van der Waals surface area (Å²) in [4.78, 5) is 23.1. The highest BCUT2D eigenvalue weighted by Gasteiger charge is 2.09. The van der Waals surface area contributed by atoms with Crippen molar-refractivity contribution in [3.8, 4) is 5.75 Å². The smallest absolute Gasteiger partial charge is 0.262 e. The number of carboxylic acid groups (broad SMARTS) is 1. The second-order valence-corrected chi connectivity index (χ2v) is 5.76. The standard InChI is InChI=1S/C19H14ClNO4/c20-14-6-8-16(19(23)24)17(10-14)21-18(22)11-25-15-7-5-12-3-1-2-4-13(12)9-15/h1-10H,11H2,(H,21,22)(H,23,24)/p-1. The number of aromatic carboxylic acids is 1. The lowest BCUT2D eigenvalue weighted by Gasteiger charge is -2.13. The number of carbonyl (C=O) groups is 2. The fourth-order valence-electron chi connectivity index (χ4n) is 2.39. The van der Waals surface area contributed by atoms with E-state index in [0.717, 1.165) is 10.8 Å². The van der Waals surface area contributed by atoms with E-state index >= 15 is 0 Å². The predicted octanol–water partition coefficient (Wildman–Crippen LogP) is 2.87. The van der Waals surface area contributed by atoms with Gasteiger partial charge in [0.15, 0.2) is 6.61 Å². The fourth-order valence-corrected chi connectivity index (χ4v) is 2.56. The van der Waals surface area contributed by atoms with Gasteiger partial charge in [-0.25, -0.2) is 0 Å². The first-order valence-corrected chi connectivity index (χ1v) is 7.83. The Hall–Kier alpha value is -3.05. The maximum Gasteiger partial charge on any atom is 0.262 e. The van der Waals surface area contributed by atoms with Crippen LogP contribution in [0.25, 0.3) is 10.8 Å². The van der Waals surface area contributed by atoms with Crippen LogP contribution in [0.1, 0.15) is 10.4 Å². The first-order chi connectivity index (χ1) is 12.0. The number of carboxylic acids is 1. The van der Waals surface area contributed by atoms with E-state index in [-0.39, 0.29) is 17.9 Å². The van der Waals surface area contributed by atoms with E-state index in [1.807, 2.05) is 36.4 Å². The molecule has 0 aromatic heterocycles. The molecule has 0 unspecified atom stereocenters. The third kappa shape index (κ3) is 4.08. The van der Waals surface area contributed by atoms with Crippen molar-refractivity contribution >= 4 is 39.9 Å². The van der Waals surface area contributed by atoms with E-state index < -0.39 is 11.9 Å². The van der Waals surface area contributed by atoms with Crippen molar-refractivity contribution < 1.29 is 19.4 Å². The van der Waals surface area contributed by atoms with Gasteiger partial charge in [-0.3, -0.25) is 4.79 Å². The van der Waals surface area contributed by atoms with Gasteiger partial charge in [0.25, 0.3) is 5.91 Å². The quantitative estimate of drug-likeness (QED) is 0.764. The molecule has 0 heterocycles. The summed E-state index contributed by atoms with van der Waals surface area (Å²) in [5.74, 6) is -1.36. The lowest BCUT2D eigenvalue weighted by atomic mass is 10.1. The van der Waals surface area contributed by atoms with Gasteiger partial charge < -0.3 is 20.0 Å². The minimum absolute atomic E-state index is 0.0691. The van der Waals surface area contributed by atoms with Gasteiger partial charge in [0, 0.05) is 10.6 Å². The average Bonchev–Trinajstić information content (AvgIpc) is 2.59. The number of rotatable bonds is 5. The minimum atomic E-state index is -1.40. The Balaban J connectivity index is 1.68. The number of benzene rings is 3. The van der Waals surface area contributed by atoms with Crippen molar-refractivity contribution in [1.29, 1.82) is 0 Å². The predicted molar refractivity (Wildman–Crippen MR) is 93.9 cm³/mol. The Bertz CT molecular complexity index is 955. The van der Waals surface area contributed by atoms with Crippen molar-refractivity contribution in [3.05, 3.63) is 71.2 Å². The van der Waals surface area contributed by atoms with Crippen LogP contribution in [0.2, 0.25) is 5.02 Å². The largest absolute Gasteiger partial charge is 0.545 e. The van der Waals surface area contributed by atoms with Gasteiger partial charge >= 0.3 is 0 Å². The molecule has 25 heavy (non-hydrogen) atoms. The average molecular weight is 355 g/mol. The van der Waals surface area contributed by atoms with Gasteiger partial charge in [-0.2, -0.15) is 0 Å². The number of hydrogen-bond donors (Lipinski definition) is 1. The van der Waals surface area contributed by atoms with E-state index in [1.54, 1.807) is 6.07 Å². The van der Waals surface area contributed by atoms with E-state index in [4.69, 9.17) is 16.3 Å². The Morgan fingerprint density at radius 3 is 2.52 bits per heavy atom. The molecule has 5 nitrogen and oxygen atoms in total. The second-order valence-electron chi connectivity index (χ2n) is 5.32. The summed E-state index contributed by atoms with van der Waals surface area (Å²) < 4.78 is 5.47. The number of hydrogen-bond acceptors (Lipinski definition) is 4. The summed E-state index contributed by atoms with van der Waals surface area (Å²) in [7, 11) is 0. The van der Waals surface area contributed by atoms with Crippen LogP contribution < -0.4 is 15.2 Å². The monoisotopic (exact) mass is 354 g/mol. The number of amides is 1. The lowest BCUT2D eigenvalue weighted by molar-refractivity contribution is -0.254. The number of nitrogens with one attached hydrogen (secondary N) is 1. The molecule has 0 spiro atoms. The van der Waals surface area contributed by atoms with Crippen LogP contribution in [0.3, 0.4) is 0 Å². The number of ether oxygens (including phenoxy) is 1. The van der Waals surface area contributed by atoms with Crippen LogP contribution in [0, 0.1) is 0 Å². The van der Waals surface area contributed by atoms with Crippen molar-refractivity contribution in [3.63, 3.8) is 0 Å². The topological polar surface area (TPSA) is 78.5 Å². The van der Waals surface area contributed by atoms with Gasteiger partial charge in [0.2, 0.25) is 0 Å². The molecule has 0 fully saturated rings. The number of anilines is 1. The number of fused-ring (bicyclic) bond motifs is 1. The maximum absolute atomic E-state index is 12.0. The number of carbonyl (C=O) groups excluding carboxylic acids is 2. The summed E-state index contributed by atoms with van der Waals surface area (Å²) in [5.41, 5.74) is -0.0805. The van der Waals surface area contributed by atoms with Crippen molar-refractivity contribution in [2.45, 2.75) is 0 Å². The summed E-state index contributed by atoms with van der Waals surface area (Å²) in [6, 6.07) is 17.3. The molecule has 1 amide bonds.